The lowest BCUT2D eigenvalue weighted by Gasteiger charge is -2.17. The molecule has 0 aromatic heterocycles. The van der Waals surface area contributed by atoms with Crippen molar-refractivity contribution in [2.24, 2.45) is 0 Å². The number of ether oxygens (including phenoxy) is 1. The molecule has 4 nitrogen and oxygen atoms in total. The van der Waals surface area contributed by atoms with Crippen LogP contribution >= 0.6 is 0 Å². The number of esters is 1. The molecule has 0 saturated heterocycles. The molecule has 0 aliphatic carbocycles. The molecular weight excluding hydrogens is 254 g/mol. The van der Waals surface area contributed by atoms with Gasteiger partial charge >= 0.3 is 5.97 Å². The summed E-state index contributed by atoms with van der Waals surface area (Å²) in [5.74, 6) is -0.576. The van der Waals surface area contributed by atoms with Crippen molar-refractivity contribution in [1.29, 1.82) is 0 Å². The van der Waals surface area contributed by atoms with E-state index in [0.717, 1.165) is 5.56 Å². The highest BCUT2D eigenvalue weighted by atomic mass is 16.5. The normalized spacial score (nSPS) is 10.6. The summed E-state index contributed by atoms with van der Waals surface area (Å²) in [7, 11) is 0. The highest BCUT2D eigenvalue weighted by Crippen LogP contribution is 2.05. The standard InChI is InChI=1S/C16H21NO3/c1-4-17(12-16(19)20-5-2)15(18)11-10-14-8-6-13(3)7-9-14/h6-11H,4-5,12H2,1-3H3/b11-10+. The molecule has 20 heavy (non-hydrogen) atoms. The van der Waals surface area contributed by atoms with Crippen LogP contribution in [0, 0.1) is 6.92 Å². The van der Waals surface area contributed by atoms with E-state index in [1.165, 1.54) is 16.5 Å². The molecule has 1 aromatic rings. The molecule has 0 aliphatic heterocycles. The Morgan fingerprint density at radius 3 is 2.40 bits per heavy atom. The average molecular weight is 275 g/mol. The van der Waals surface area contributed by atoms with Crippen LogP contribution in [0.5, 0.6) is 0 Å². The van der Waals surface area contributed by atoms with Crippen LogP contribution in [0.3, 0.4) is 0 Å². The van der Waals surface area contributed by atoms with E-state index in [2.05, 4.69) is 0 Å². The molecule has 0 radical (unpaired) electrons. The molecule has 4 heteroatoms. The molecule has 0 bridgehead atoms. The SMILES string of the molecule is CCOC(=O)CN(CC)C(=O)/C=C/c1ccc(C)cc1. The van der Waals surface area contributed by atoms with Gasteiger partial charge in [0, 0.05) is 12.6 Å². The van der Waals surface area contributed by atoms with Crippen molar-refractivity contribution >= 4 is 18.0 Å². The van der Waals surface area contributed by atoms with Gasteiger partial charge in [0.15, 0.2) is 0 Å². The van der Waals surface area contributed by atoms with Crippen molar-refractivity contribution in [3.8, 4) is 0 Å². The number of rotatable bonds is 6. The first-order valence-electron chi connectivity index (χ1n) is 6.76. The Morgan fingerprint density at radius 2 is 1.85 bits per heavy atom. The van der Waals surface area contributed by atoms with Gasteiger partial charge in [-0.1, -0.05) is 29.8 Å². The largest absolute Gasteiger partial charge is 0.465 e. The van der Waals surface area contributed by atoms with Gasteiger partial charge in [0.05, 0.1) is 6.61 Å². The molecule has 0 N–H and O–H groups in total. The van der Waals surface area contributed by atoms with Gasteiger partial charge in [-0.25, -0.2) is 0 Å². The van der Waals surface area contributed by atoms with Gasteiger partial charge in [0.2, 0.25) is 5.91 Å². The fourth-order valence-corrected chi connectivity index (χ4v) is 1.66. The van der Waals surface area contributed by atoms with Crippen LogP contribution in [-0.4, -0.2) is 36.5 Å². The first kappa shape index (κ1) is 16.0. The van der Waals surface area contributed by atoms with Crippen molar-refractivity contribution in [2.45, 2.75) is 20.8 Å². The van der Waals surface area contributed by atoms with Gasteiger partial charge in [-0.3, -0.25) is 9.59 Å². The molecule has 0 aliphatic rings. The van der Waals surface area contributed by atoms with Crippen LogP contribution in [0.2, 0.25) is 0 Å². The number of carbonyl (C=O) groups is 2. The van der Waals surface area contributed by atoms with Crippen molar-refractivity contribution in [1.82, 2.24) is 4.90 Å². The first-order valence-corrected chi connectivity index (χ1v) is 6.76. The van der Waals surface area contributed by atoms with E-state index in [0.29, 0.717) is 13.2 Å². The Hall–Kier alpha value is -2.10. The Labute approximate surface area is 120 Å². The fraction of sp³-hybridized carbons (Fsp3) is 0.375. The van der Waals surface area contributed by atoms with E-state index in [-0.39, 0.29) is 18.4 Å². The van der Waals surface area contributed by atoms with Crippen molar-refractivity contribution in [3.63, 3.8) is 0 Å². The highest BCUT2D eigenvalue weighted by molar-refractivity contribution is 5.93. The zero-order chi connectivity index (χ0) is 15.0. The molecule has 0 unspecified atom stereocenters. The van der Waals surface area contributed by atoms with Crippen molar-refractivity contribution < 1.29 is 14.3 Å². The van der Waals surface area contributed by atoms with Crippen LogP contribution in [0.15, 0.2) is 30.3 Å². The molecule has 0 atom stereocenters. The molecule has 1 aromatic carbocycles. The van der Waals surface area contributed by atoms with E-state index < -0.39 is 0 Å². The number of hydrogen-bond acceptors (Lipinski definition) is 3. The summed E-state index contributed by atoms with van der Waals surface area (Å²) in [5.41, 5.74) is 2.13. The maximum absolute atomic E-state index is 12.0. The number of nitrogens with zero attached hydrogens (tertiary/aromatic N) is 1. The van der Waals surface area contributed by atoms with Crippen LogP contribution in [0.25, 0.3) is 6.08 Å². The third-order valence-electron chi connectivity index (χ3n) is 2.81. The van der Waals surface area contributed by atoms with E-state index in [1.54, 1.807) is 13.0 Å². The summed E-state index contributed by atoms with van der Waals surface area (Å²) in [6, 6.07) is 7.86. The summed E-state index contributed by atoms with van der Waals surface area (Å²) in [4.78, 5) is 24.8. The molecule has 108 valence electrons. The quantitative estimate of drug-likeness (QED) is 0.591. The summed E-state index contributed by atoms with van der Waals surface area (Å²) in [6.07, 6.45) is 3.23. The molecule has 0 heterocycles. The van der Waals surface area contributed by atoms with Crippen molar-refractivity contribution in [3.05, 3.63) is 41.5 Å². The maximum atomic E-state index is 12.0. The molecular formula is C16H21NO3. The van der Waals surface area contributed by atoms with Gasteiger partial charge in [-0.2, -0.15) is 0 Å². The lowest BCUT2D eigenvalue weighted by atomic mass is 10.1. The lowest BCUT2D eigenvalue weighted by Crippen LogP contribution is -2.35. The van der Waals surface area contributed by atoms with E-state index in [4.69, 9.17) is 4.74 Å². The molecule has 1 rings (SSSR count). The molecule has 1 amide bonds. The minimum Gasteiger partial charge on any atom is -0.465 e. The first-order chi connectivity index (χ1) is 9.56. The summed E-state index contributed by atoms with van der Waals surface area (Å²) < 4.78 is 4.84. The number of carbonyl (C=O) groups excluding carboxylic acids is 2. The van der Waals surface area contributed by atoms with Crippen LogP contribution < -0.4 is 0 Å². The minimum atomic E-state index is -0.383. The van der Waals surface area contributed by atoms with Crippen LogP contribution in [0.4, 0.5) is 0 Å². The highest BCUT2D eigenvalue weighted by Gasteiger charge is 2.13. The second-order valence-electron chi connectivity index (χ2n) is 4.40. The number of amides is 1. The number of likely N-dealkylation sites (N-methyl/N-ethyl adjacent to an activating group) is 1. The second-order valence-corrected chi connectivity index (χ2v) is 4.40. The van der Waals surface area contributed by atoms with Crippen LogP contribution in [0.1, 0.15) is 25.0 Å². The number of benzene rings is 1. The van der Waals surface area contributed by atoms with Gasteiger partial charge in [0.25, 0.3) is 0 Å². The number of aryl methyl sites for hydroxylation is 1. The molecule has 0 fully saturated rings. The Morgan fingerprint density at radius 1 is 1.20 bits per heavy atom. The van der Waals surface area contributed by atoms with Gasteiger partial charge < -0.3 is 9.64 Å². The zero-order valence-corrected chi connectivity index (χ0v) is 12.3. The third-order valence-corrected chi connectivity index (χ3v) is 2.81. The summed E-state index contributed by atoms with van der Waals surface area (Å²) >= 11 is 0. The minimum absolute atomic E-state index is 0.0125. The molecule has 0 saturated carbocycles. The lowest BCUT2D eigenvalue weighted by molar-refractivity contribution is -0.147. The monoisotopic (exact) mass is 275 g/mol. The van der Waals surface area contributed by atoms with Crippen molar-refractivity contribution in [2.75, 3.05) is 19.7 Å². The second kappa shape index (κ2) is 8.15. The Balaban J connectivity index is 2.62. The maximum Gasteiger partial charge on any atom is 0.325 e. The van der Waals surface area contributed by atoms with Gasteiger partial charge in [-0.15, -0.1) is 0 Å². The summed E-state index contributed by atoms with van der Waals surface area (Å²) in [6.45, 7) is 6.36. The average Bonchev–Trinajstić information content (AvgIpc) is 2.44. The van der Waals surface area contributed by atoms with E-state index in [9.17, 15) is 9.59 Å². The summed E-state index contributed by atoms with van der Waals surface area (Å²) in [5, 5.41) is 0. The van der Waals surface area contributed by atoms with Gasteiger partial charge in [-0.05, 0) is 32.4 Å². The Kier molecular flexibility index (Phi) is 6.50. The fourth-order valence-electron chi connectivity index (χ4n) is 1.66. The predicted octanol–water partition coefficient (Wildman–Crippen LogP) is 2.42. The topological polar surface area (TPSA) is 46.6 Å². The predicted molar refractivity (Wildman–Crippen MR) is 79.1 cm³/mol. The number of hydrogen-bond donors (Lipinski definition) is 0. The smallest absolute Gasteiger partial charge is 0.325 e. The van der Waals surface area contributed by atoms with Crippen LogP contribution in [-0.2, 0) is 14.3 Å². The molecule has 0 spiro atoms. The zero-order valence-electron chi connectivity index (χ0n) is 12.3. The van der Waals surface area contributed by atoms with E-state index >= 15 is 0 Å². The third kappa shape index (κ3) is 5.26. The van der Waals surface area contributed by atoms with E-state index in [1.807, 2.05) is 38.1 Å². The van der Waals surface area contributed by atoms with Gasteiger partial charge in [0.1, 0.15) is 6.54 Å². The Bertz CT molecular complexity index is 477.